The molecule has 86 valence electrons. The van der Waals surface area contributed by atoms with Gasteiger partial charge in [-0.2, -0.15) is 0 Å². The lowest BCUT2D eigenvalue weighted by Gasteiger charge is -2.06. The summed E-state index contributed by atoms with van der Waals surface area (Å²) in [5.41, 5.74) is 2.40. The SMILES string of the molecule is S=CNc1ccc(Oc2ccc(Cl)cc2)cc1. The zero-order chi connectivity index (χ0) is 12.1. The van der Waals surface area contributed by atoms with E-state index in [0.717, 1.165) is 17.2 Å². The van der Waals surface area contributed by atoms with Crippen LogP contribution in [0.2, 0.25) is 5.02 Å². The fraction of sp³-hybridized carbons (Fsp3) is 0. The lowest BCUT2D eigenvalue weighted by atomic mass is 10.3. The van der Waals surface area contributed by atoms with Crippen LogP contribution < -0.4 is 10.1 Å². The summed E-state index contributed by atoms with van der Waals surface area (Å²) in [6, 6.07) is 14.8. The molecule has 0 atom stereocenters. The topological polar surface area (TPSA) is 21.3 Å². The second kappa shape index (κ2) is 5.66. The van der Waals surface area contributed by atoms with Crippen LogP contribution in [0.25, 0.3) is 0 Å². The largest absolute Gasteiger partial charge is 0.457 e. The van der Waals surface area contributed by atoms with Crippen LogP contribution in [0.4, 0.5) is 5.69 Å². The smallest absolute Gasteiger partial charge is 0.127 e. The molecule has 0 bridgehead atoms. The normalized spacial score (nSPS) is 9.71. The fourth-order valence-corrected chi connectivity index (χ4v) is 1.59. The Morgan fingerprint density at radius 3 is 2.00 bits per heavy atom. The molecule has 0 aliphatic heterocycles. The van der Waals surface area contributed by atoms with Gasteiger partial charge in [0.25, 0.3) is 0 Å². The molecule has 17 heavy (non-hydrogen) atoms. The van der Waals surface area contributed by atoms with Gasteiger partial charge in [0.1, 0.15) is 11.5 Å². The van der Waals surface area contributed by atoms with Gasteiger partial charge >= 0.3 is 0 Å². The Kier molecular flexibility index (Phi) is 3.96. The number of nitrogens with one attached hydrogen (secondary N) is 1. The van der Waals surface area contributed by atoms with Crippen LogP contribution in [0.15, 0.2) is 48.5 Å². The molecule has 2 aromatic carbocycles. The average Bonchev–Trinajstić information content (AvgIpc) is 2.35. The summed E-state index contributed by atoms with van der Waals surface area (Å²) in [7, 11) is 0. The Morgan fingerprint density at radius 1 is 0.941 bits per heavy atom. The molecule has 0 amide bonds. The summed E-state index contributed by atoms with van der Waals surface area (Å²) < 4.78 is 5.64. The minimum atomic E-state index is 0.692. The molecule has 1 N–H and O–H groups in total. The maximum absolute atomic E-state index is 5.79. The molecule has 0 fully saturated rings. The van der Waals surface area contributed by atoms with E-state index in [1.807, 2.05) is 36.4 Å². The number of thiocarbonyl (C=S) groups is 1. The summed E-state index contributed by atoms with van der Waals surface area (Å²) in [6.45, 7) is 0. The first-order valence-electron chi connectivity index (χ1n) is 5.01. The molecular weight excluding hydrogens is 254 g/mol. The van der Waals surface area contributed by atoms with Gasteiger partial charge in [0.05, 0.1) is 5.49 Å². The molecular formula is C13H10ClNOS. The molecule has 4 heteroatoms. The number of benzene rings is 2. The van der Waals surface area contributed by atoms with Gasteiger partial charge in [0, 0.05) is 10.7 Å². The van der Waals surface area contributed by atoms with Gasteiger partial charge in [-0.3, -0.25) is 0 Å². The van der Waals surface area contributed by atoms with Crippen molar-refractivity contribution in [2.24, 2.45) is 0 Å². The summed E-state index contributed by atoms with van der Waals surface area (Å²) in [5, 5.41) is 3.62. The summed E-state index contributed by atoms with van der Waals surface area (Å²) >= 11 is 10.5. The third-order valence-corrected chi connectivity index (χ3v) is 2.50. The van der Waals surface area contributed by atoms with Gasteiger partial charge in [-0.25, -0.2) is 0 Å². The first-order valence-corrected chi connectivity index (χ1v) is 5.86. The van der Waals surface area contributed by atoms with Crippen LogP contribution in [-0.2, 0) is 0 Å². The van der Waals surface area contributed by atoms with Gasteiger partial charge in [0.15, 0.2) is 0 Å². The van der Waals surface area contributed by atoms with Crippen LogP contribution >= 0.6 is 23.8 Å². The highest BCUT2D eigenvalue weighted by Gasteiger charge is 1.97. The molecule has 2 aromatic rings. The predicted octanol–water partition coefficient (Wildman–Crippen LogP) is 4.50. The van der Waals surface area contributed by atoms with Crippen molar-refractivity contribution in [3.63, 3.8) is 0 Å². The second-order valence-corrected chi connectivity index (χ2v) is 4.01. The van der Waals surface area contributed by atoms with Gasteiger partial charge in [-0.05, 0) is 48.5 Å². The maximum atomic E-state index is 5.79. The average molecular weight is 264 g/mol. The lowest BCUT2D eigenvalue weighted by Crippen LogP contribution is -1.91. The van der Waals surface area contributed by atoms with E-state index < -0.39 is 0 Å². The van der Waals surface area contributed by atoms with E-state index in [4.69, 9.17) is 28.6 Å². The molecule has 0 aromatic heterocycles. The number of halogens is 1. The quantitative estimate of drug-likeness (QED) is 0.821. The highest BCUT2D eigenvalue weighted by atomic mass is 35.5. The summed E-state index contributed by atoms with van der Waals surface area (Å²) in [4.78, 5) is 0. The van der Waals surface area contributed by atoms with Crippen molar-refractivity contribution in [1.29, 1.82) is 0 Å². The Labute approximate surface area is 110 Å². The van der Waals surface area contributed by atoms with E-state index in [2.05, 4.69) is 5.32 Å². The highest BCUT2D eigenvalue weighted by molar-refractivity contribution is 7.79. The van der Waals surface area contributed by atoms with E-state index in [-0.39, 0.29) is 0 Å². The van der Waals surface area contributed by atoms with Crippen LogP contribution in [0.3, 0.4) is 0 Å². The molecule has 0 saturated heterocycles. The van der Waals surface area contributed by atoms with Crippen molar-refractivity contribution in [3.8, 4) is 11.5 Å². The summed E-state index contributed by atoms with van der Waals surface area (Å²) in [5.74, 6) is 1.52. The maximum Gasteiger partial charge on any atom is 0.127 e. The van der Waals surface area contributed by atoms with Gasteiger partial charge in [0.2, 0.25) is 0 Å². The van der Waals surface area contributed by atoms with E-state index >= 15 is 0 Å². The number of rotatable bonds is 4. The van der Waals surface area contributed by atoms with Crippen LogP contribution in [-0.4, -0.2) is 5.49 Å². The summed E-state index contributed by atoms with van der Waals surface area (Å²) in [6.07, 6.45) is 0. The Hall–Kier alpha value is -1.58. The molecule has 0 unspecified atom stereocenters. The van der Waals surface area contributed by atoms with E-state index in [1.54, 1.807) is 12.1 Å². The van der Waals surface area contributed by atoms with Gasteiger partial charge < -0.3 is 10.1 Å². The standard InChI is InChI=1S/C13H10ClNOS/c14-10-1-5-12(6-2-10)16-13-7-3-11(4-8-13)15-9-17/h1-9H,(H,15,17). The molecule has 2 rings (SSSR count). The zero-order valence-electron chi connectivity index (χ0n) is 8.89. The van der Waals surface area contributed by atoms with Crippen LogP contribution in [0, 0.1) is 0 Å². The molecule has 0 aliphatic rings. The molecule has 2 nitrogen and oxygen atoms in total. The van der Waals surface area contributed by atoms with Gasteiger partial charge in [-0.1, -0.05) is 23.8 Å². The minimum Gasteiger partial charge on any atom is -0.457 e. The fourth-order valence-electron chi connectivity index (χ4n) is 1.33. The van der Waals surface area contributed by atoms with Crippen molar-refractivity contribution in [2.75, 3.05) is 5.32 Å². The van der Waals surface area contributed by atoms with Crippen LogP contribution in [0.1, 0.15) is 0 Å². The van der Waals surface area contributed by atoms with Gasteiger partial charge in [-0.15, -0.1) is 0 Å². The lowest BCUT2D eigenvalue weighted by molar-refractivity contribution is 0.483. The van der Waals surface area contributed by atoms with E-state index in [9.17, 15) is 0 Å². The Morgan fingerprint density at radius 2 is 1.47 bits per heavy atom. The molecule has 0 spiro atoms. The second-order valence-electron chi connectivity index (χ2n) is 3.34. The number of hydrogen-bond donors (Lipinski definition) is 1. The molecule has 0 aliphatic carbocycles. The van der Waals surface area contributed by atoms with Crippen molar-refractivity contribution in [1.82, 2.24) is 0 Å². The highest BCUT2D eigenvalue weighted by Crippen LogP contribution is 2.24. The van der Waals surface area contributed by atoms with E-state index in [1.165, 1.54) is 5.49 Å². The number of ether oxygens (including phenoxy) is 1. The Bertz CT molecular complexity index is 496. The van der Waals surface area contributed by atoms with Crippen molar-refractivity contribution >= 4 is 35.0 Å². The zero-order valence-corrected chi connectivity index (χ0v) is 10.5. The van der Waals surface area contributed by atoms with E-state index in [0.29, 0.717) is 5.02 Å². The van der Waals surface area contributed by atoms with Crippen molar-refractivity contribution < 1.29 is 4.74 Å². The minimum absolute atomic E-state index is 0.692. The third kappa shape index (κ3) is 3.44. The Balaban J connectivity index is 2.08. The third-order valence-electron chi connectivity index (χ3n) is 2.13. The van der Waals surface area contributed by atoms with Crippen molar-refractivity contribution in [2.45, 2.75) is 0 Å². The molecule has 0 saturated carbocycles. The monoisotopic (exact) mass is 263 g/mol. The first kappa shape index (κ1) is 11.9. The molecule has 0 heterocycles. The van der Waals surface area contributed by atoms with Crippen molar-refractivity contribution in [3.05, 3.63) is 53.6 Å². The predicted molar refractivity (Wildman–Crippen MR) is 75.2 cm³/mol. The molecule has 0 radical (unpaired) electrons. The van der Waals surface area contributed by atoms with Crippen LogP contribution in [0.5, 0.6) is 11.5 Å². The number of anilines is 1. The first-order chi connectivity index (χ1) is 8.28. The number of hydrogen-bond acceptors (Lipinski definition) is 2.